The molecule has 16 heavy (non-hydrogen) atoms. The van der Waals surface area contributed by atoms with Crippen molar-refractivity contribution < 1.29 is 8.42 Å². The van der Waals surface area contributed by atoms with Gasteiger partial charge < -0.3 is 0 Å². The zero-order valence-electron chi connectivity index (χ0n) is 9.27. The molecule has 1 aromatic rings. The minimum absolute atomic E-state index is 0.158. The lowest BCUT2D eigenvalue weighted by Crippen LogP contribution is -2.32. The highest BCUT2D eigenvalue weighted by molar-refractivity contribution is 7.89. The molecule has 0 heterocycles. The lowest BCUT2D eigenvalue weighted by atomic mass is 10.2. The molecule has 0 aliphatic carbocycles. The highest BCUT2D eigenvalue weighted by Crippen LogP contribution is 2.10. The van der Waals surface area contributed by atoms with E-state index in [0.717, 1.165) is 5.56 Å². The number of hydrogen-bond donors (Lipinski definition) is 1. The van der Waals surface area contributed by atoms with Crippen LogP contribution < -0.4 is 4.72 Å². The first-order valence-electron chi connectivity index (χ1n) is 4.91. The summed E-state index contributed by atoms with van der Waals surface area (Å²) in [7, 11) is -3.50. The van der Waals surface area contributed by atoms with Crippen LogP contribution in [0.15, 0.2) is 29.2 Å². The van der Waals surface area contributed by atoms with Gasteiger partial charge in [0, 0.05) is 6.04 Å². The van der Waals surface area contributed by atoms with Crippen LogP contribution in [0, 0.1) is 18.3 Å². The van der Waals surface area contributed by atoms with Gasteiger partial charge in [-0.05, 0) is 26.0 Å². The van der Waals surface area contributed by atoms with E-state index in [1.807, 2.05) is 13.0 Å². The Morgan fingerprint density at radius 2 is 1.94 bits per heavy atom. The van der Waals surface area contributed by atoms with Gasteiger partial charge in [-0.1, -0.05) is 17.7 Å². The van der Waals surface area contributed by atoms with Gasteiger partial charge in [0.1, 0.15) is 0 Å². The van der Waals surface area contributed by atoms with Crippen LogP contribution in [0.3, 0.4) is 0 Å². The minimum Gasteiger partial charge on any atom is -0.207 e. The number of hydrogen-bond acceptors (Lipinski definition) is 3. The summed E-state index contributed by atoms with van der Waals surface area (Å²) in [5, 5.41) is 8.46. The van der Waals surface area contributed by atoms with Gasteiger partial charge in [-0.2, -0.15) is 5.26 Å². The van der Waals surface area contributed by atoms with Gasteiger partial charge in [0.2, 0.25) is 10.0 Å². The third-order valence-electron chi connectivity index (χ3n) is 2.09. The summed E-state index contributed by atoms with van der Waals surface area (Å²) in [6.45, 7) is 3.55. The molecule has 1 unspecified atom stereocenters. The SMILES string of the molecule is Cc1ccc(S(=O)(=O)NC(C)CC#N)cc1. The maximum Gasteiger partial charge on any atom is 0.240 e. The van der Waals surface area contributed by atoms with E-state index in [1.54, 1.807) is 31.2 Å². The molecule has 0 aliphatic rings. The maximum atomic E-state index is 11.8. The number of nitrogens with one attached hydrogen (secondary N) is 1. The molecule has 1 atom stereocenters. The first-order chi connectivity index (χ1) is 7.45. The van der Waals surface area contributed by atoms with E-state index in [1.165, 1.54) is 0 Å². The van der Waals surface area contributed by atoms with Crippen molar-refractivity contribution in [3.05, 3.63) is 29.8 Å². The van der Waals surface area contributed by atoms with Crippen molar-refractivity contribution in [1.29, 1.82) is 5.26 Å². The Balaban J connectivity index is 2.87. The summed E-state index contributed by atoms with van der Waals surface area (Å²) in [5.74, 6) is 0. The van der Waals surface area contributed by atoms with E-state index >= 15 is 0 Å². The molecule has 86 valence electrons. The van der Waals surface area contributed by atoms with Crippen molar-refractivity contribution in [3.63, 3.8) is 0 Å². The van der Waals surface area contributed by atoms with E-state index in [-0.39, 0.29) is 17.4 Å². The van der Waals surface area contributed by atoms with Crippen molar-refractivity contribution >= 4 is 10.0 Å². The average molecular weight is 238 g/mol. The Bertz CT molecular complexity index is 486. The molecular formula is C11H14N2O2S. The van der Waals surface area contributed by atoms with Crippen molar-refractivity contribution in [3.8, 4) is 6.07 Å². The van der Waals surface area contributed by atoms with Gasteiger partial charge in [-0.25, -0.2) is 13.1 Å². The van der Waals surface area contributed by atoms with E-state index in [0.29, 0.717) is 0 Å². The monoisotopic (exact) mass is 238 g/mol. The van der Waals surface area contributed by atoms with Crippen molar-refractivity contribution in [2.24, 2.45) is 0 Å². The maximum absolute atomic E-state index is 11.8. The lowest BCUT2D eigenvalue weighted by Gasteiger charge is -2.11. The number of benzene rings is 1. The number of nitrogens with zero attached hydrogens (tertiary/aromatic N) is 1. The van der Waals surface area contributed by atoms with E-state index in [9.17, 15) is 8.42 Å². The summed E-state index contributed by atoms with van der Waals surface area (Å²) in [6, 6.07) is 8.13. The molecule has 1 N–H and O–H groups in total. The van der Waals surface area contributed by atoms with Crippen LogP contribution in [0.1, 0.15) is 18.9 Å². The van der Waals surface area contributed by atoms with Crippen LogP contribution in [0.4, 0.5) is 0 Å². The van der Waals surface area contributed by atoms with Crippen LogP contribution >= 0.6 is 0 Å². The standard InChI is InChI=1S/C11H14N2O2S/c1-9-3-5-11(6-4-9)16(14,15)13-10(2)7-8-12/h3-6,10,13H,7H2,1-2H3. The van der Waals surface area contributed by atoms with Crippen LogP contribution in [0.5, 0.6) is 0 Å². The number of nitriles is 1. The Kier molecular flexibility index (Phi) is 4.05. The molecule has 1 rings (SSSR count). The summed E-state index contributed by atoms with van der Waals surface area (Å²) in [6.07, 6.45) is 0.158. The van der Waals surface area contributed by atoms with Crippen LogP contribution in [0.2, 0.25) is 0 Å². The molecule has 0 aromatic heterocycles. The molecule has 0 aliphatic heterocycles. The molecule has 1 aromatic carbocycles. The number of aryl methyl sites for hydroxylation is 1. The summed E-state index contributed by atoms with van der Waals surface area (Å²) < 4.78 is 26.1. The van der Waals surface area contributed by atoms with Gasteiger partial charge in [0.05, 0.1) is 17.4 Å². The second kappa shape index (κ2) is 5.10. The Hall–Kier alpha value is -1.38. The van der Waals surface area contributed by atoms with Gasteiger partial charge in [0.15, 0.2) is 0 Å². The predicted molar refractivity (Wildman–Crippen MR) is 61.2 cm³/mol. The molecule has 5 heteroatoms. The largest absolute Gasteiger partial charge is 0.240 e. The molecular weight excluding hydrogens is 224 g/mol. The van der Waals surface area contributed by atoms with E-state index < -0.39 is 10.0 Å². The zero-order valence-corrected chi connectivity index (χ0v) is 10.1. The molecule has 0 saturated carbocycles. The quantitative estimate of drug-likeness (QED) is 0.865. The second-order valence-corrected chi connectivity index (χ2v) is 5.41. The fourth-order valence-electron chi connectivity index (χ4n) is 1.23. The molecule has 4 nitrogen and oxygen atoms in total. The van der Waals surface area contributed by atoms with Crippen molar-refractivity contribution in [2.75, 3.05) is 0 Å². The fourth-order valence-corrected chi connectivity index (χ4v) is 2.47. The third kappa shape index (κ3) is 3.33. The average Bonchev–Trinajstić information content (AvgIpc) is 2.17. The Labute approximate surface area is 96.0 Å². The molecule has 0 amide bonds. The molecule has 0 bridgehead atoms. The minimum atomic E-state index is -3.50. The summed E-state index contributed by atoms with van der Waals surface area (Å²) in [5.41, 5.74) is 1.00. The topological polar surface area (TPSA) is 70.0 Å². The highest BCUT2D eigenvalue weighted by atomic mass is 32.2. The van der Waals surface area contributed by atoms with Crippen LogP contribution in [0.25, 0.3) is 0 Å². The highest BCUT2D eigenvalue weighted by Gasteiger charge is 2.16. The molecule has 0 radical (unpaired) electrons. The van der Waals surface area contributed by atoms with Crippen molar-refractivity contribution in [1.82, 2.24) is 4.72 Å². The summed E-state index contributed by atoms with van der Waals surface area (Å²) in [4.78, 5) is 0.225. The van der Waals surface area contributed by atoms with E-state index in [2.05, 4.69) is 4.72 Å². The smallest absolute Gasteiger partial charge is 0.207 e. The fraction of sp³-hybridized carbons (Fsp3) is 0.364. The van der Waals surface area contributed by atoms with E-state index in [4.69, 9.17) is 5.26 Å². The molecule has 0 fully saturated rings. The normalized spacial score (nSPS) is 13.1. The van der Waals surface area contributed by atoms with Gasteiger partial charge >= 0.3 is 0 Å². The Morgan fingerprint density at radius 1 is 1.38 bits per heavy atom. The van der Waals surface area contributed by atoms with Gasteiger partial charge in [0.25, 0.3) is 0 Å². The second-order valence-electron chi connectivity index (χ2n) is 3.70. The third-order valence-corrected chi connectivity index (χ3v) is 3.69. The van der Waals surface area contributed by atoms with Crippen LogP contribution in [-0.4, -0.2) is 14.5 Å². The van der Waals surface area contributed by atoms with Crippen molar-refractivity contribution in [2.45, 2.75) is 31.2 Å². The number of rotatable bonds is 4. The summed E-state index contributed by atoms with van der Waals surface area (Å²) >= 11 is 0. The molecule has 0 saturated heterocycles. The number of sulfonamides is 1. The zero-order chi connectivity index (χ0) is 12.2. The first kappa shape index (κ1) is 12.7. The Morgan fingerprint density at radius 3 is 2.44 bits per heavy atom. The lowest BCUT2D eigenvalue weighted by molar-refractivity contribution is 0.563. The van der Waals surface area contributed by atoms with Gasteiger partial charge in [-0.3, -0.25) is 0 Å². The first-order valence-corrected chi connectivity index (χ1v) is 6.40. The van der Waals surface area contributed by atoms with Crippen LogP contribution in [-0.2, 0) is 10.0 Å². The molecule has 0 spiro atoms. The van der Waals surface area contributed by atoms with Gasteiger partial charge in [-0.15, -0.1) is 0 Å². The predicted octanol–water partition coefficient (Wildman–Crippen LogP) is 1.58.